The largest absolute Gasteiger partial charge is 0.504 e. The molecule has 1 amide bonds. The first-order valence-electron chi connectivity index (χ1n) is 9.13. The summed E-state index contributed by atoms with van der Waals surface area (Å²) in [5.41, 5.74) is 4.20. The molecule has 2 aliphatic heterocycles. The van der Waals surface area contributed by atoms with Crippen LogP contribution in [-0.4, -0.2) is 37.2 Å². The van der Waals surface area contributed by atoms with Crippen molar-refractivity contribution in [1.82, 2.24) is 4.90 Å². The average Bonchev–Trinajstić information content (AvgIpc) is 3.16. The fourth-order valence-electron chi connectivity index (χ4n) is 3.96. The Morgan fingerprint density at radius 1 is 1.22 bits per heavy atom. The van der Waals surface area contributed by atoms with Crippen LogP contribution < -0.4 is 0 Å². The van der Waals surface area contributed by atoms with Crippen LogP contribution in [0, 0.1) is 5.82 Å². The standard InChI is InChI=1S/C22H22FNO3/c1-26-13-15-12-20(27-14-15)22(25)24-11-10-16-4-2-3-5-19(16)21(24)17-6-8-18(23)9-7-17/h2-9,13,20-21H,10-12,14H2,1H3/t20-,21-/m0/s1. The Balaban J connectivity index is 1.68. The third-order valence-corrected chi connectivity index (χ3v) is 5.23. The van der Waals surface area contributed by atoms with E-state index in [1.54, 1.807) is 25.5 Å². The average molecular weight is 367 g/mol. The quantitative estimate of drug-likeness (QED) is 0.778. The maximum absolute atomic E-state index is 13.4. The fraction of sp³-hybridized carbons (Fsp3) is 0.318. The molecule has 0 N–H and O–H groups in total. The molecule has 0 aromatic heterocycles. The minimum absolute atomic E-state index is 0.0293. The summed E-state index contributed by atoms with van der Waals surface area (Å²) in [5, 5.41) is 0. The SMILES string of the molecule is COC=C1CO[C@H](C(=O)N2CCc3ccccc3[C@@H]2c2ccc(F)cc2)C1. The first-order valence-corrected chi connectivity index (χ1v) is 9.13. The summed E-state index contributed by atoms with van der Waals surface area (Å²) in [5.74, 6) is -0.312. The molecule has 2 atom stereocenters. The van der Waals surface area contributed by atoms with Crippen LogP contribution in [0.2, 0.25) is 0 Å². The molecule has 0 spiro atoms. The molecule has 2 aromatic carbocycles. The van der Waals surface area contributed by atoms with Gasteiger partial charge >= 0.3 is 0 Å². The number of ether oxygens (including phenoxy) is 2. The number of carbonyl (C=O) groups is 1. The smallest absolute Gasteiger partial charge is 0.252 e. The zero-order valence-electron chi connectivity index (χ0n) is 15.2. The van der Waals surface area contributed by atoms with Crippen LogP contribution in [0.4, 0.5) is 4.39 Å². The van der Waals surface area contributed by atoms with Crippen LogP contribution in [0.3, 0.4) is 0 Å². The first kappa shape index (κ1) is 17.7. The molecule has 0 unspecified atom stereocenters. The topological polar surface area (TPSA) is 38.8 Å². The summed E-state index contributed by atoms with van der Waals surface area (Å²) in [7, 11) is 1.59. The van der Waals surface area contributed by atoms with E-state index in [9.17, 15) is 9.18 Å². The van der Waals surface area contributed by atoms with Gasteiger partial charge in [0.05, 0.1) is 26.0 Å². The molecule has 2 heterocycles. The van der Waals surface area contributed by atoms with Gasteiger partial charge in [0, 0.05) is 13.0 Å². The van der Waals surface area contributed by atoms with Crippen molar-refractivity contribution >= 4 is 5.91 Å². The zero-order chi connectivity index (χ0) is 18.8. The van der Waals surface area contributed by atoms with Crippen LogP contribution in [0.1, 0.15) is 29.2 Å². The van der Waals surface area contributed by atoms with E-state index in [0.717, 1.165) is 23.1 Å². The van der Waals surface area contributed by atoms with Crippen molar-refractivity contribution in [2.24, 2.45) is 0 Å². The number of halogens is 1. The summed E-state index contributed by atoms with van der Waals surface area (Å²) < 4.78 is 24.2. The minimum Gasteiger partial charge on any atom is -0.504 e. The number of rotatable bonds is 3. The van der Waals surface area contributed by atoms with Gasteiger partial charge in [-0.25, -0.2) is 4.39 Å². The molecule has 2 aliphatic rings. The number of amides is 1. The van der Waals surface area contributed by atoms with Gasteiger partial charge in [0.1, 0.15) is 11.9 Å². The van der Waals surface area contributed by atoms with E-state index in [4.69, 9.17) is 9.47 Å². The van der Waals surface area contributed by atoms with Gasteiger partial charge in [-0.15, -0.1) is 0 Å². The monoisotopic (exact) mass is 367 g/mol. The molecule has 4 nitrogen and oxygen atoms in total. The highest BCUT2D eigenvalue weighted by atomic mass is 19.1. The fourth-order valence-corrected chi connectivity index (χ4v) is 3.96. The van der Waals surface area contributed by atoms with E-state index < -0.39 is 6.10 Å². The van der Waals surface area contributed by atoms with Crippen LogP contribution in [0.25, 0.3) is 0 Å². The van der Waals surface area contributed by atoms with Crippen molar-refractivity contribution in [1.29, 1.82) is 0 Å². The molecule has 27 heavy (non-hydrogen) atoms. The summed E-state index contributed by atoms with van der Waals surface area (Å²) in [4.78, 5) is 15.1. The molecule has 0 saturated carbocycles. The maximum atomic E-state index is 13.4. The van der Waals surface area contributed by atoms with Gasteiger partial charge < -0.3 is 14.4 Å². The molecule has 1 fully saturated rings. The predicted molar refractivity (Wildman–Crippen MR) is 99.6 cm³/mol. The van der Waals surface area contributed by atoms with E-state index in [2.05, 4.69) is 12.1 Å². The molecule has 2 aromatic rings. The van der Waals surface area contributed by atoms with Crippen molar-refractivity contribution in [3.63, 3.8) is 0 Å². The van der Waals surface area contributed by atoms with E-state index in [1.807, 2.05) is 17.0 Å². The second-order valence-corrected chi connectivity index (χ2v) is 6.95. The number of hydrogen-bond acceptors (Lipinski definition) is 3. The summed E-state index contributed by atoms with van der Waals surface area (Å²) >= 11 is 0. The lowest BCUT2D eigenvalue weighted by Crippen LogP contribution is -2.45. The lowest BCUT2D eigenvalue weighted by Gasteiger charge is -2.38. The van der Waals surface area contributed by atoms with E-state index >= 15 is 0 Å². The number of nitrogens with zero attached hydrogens (tertiary/aromatic N) is 1. The Labute approximate surface area is 158 Å². The van der Waals surface area contributed by atoms with Gasteiger partial charge in [-0.3, -0.25) is 4.79 Å². The Morgan fingerprint density at radius 2 is 2.00 bits per heavy atom. The van der Waals surface area contributed by atoms with E-state index in [0.29, 0.717) is 19.6 Å². The van der Waals surface area contributed by atoms with Crippen molar-refractivity contribution in [3.05, 3.63) is 82.9 Å². The highest BCUT2D eigenvalue weighted by molar-refractivity contribution is 5.83. The van der Waals surface area contributed by atoms with E-state index in [-0.39, 0.29) is 17.8 Å². The number of fused-ring (bicyclic) bond motifs is 1. The lowest BCUT2D eigenvalue weighted by molar-refractivity contribution is -0.143. The van der Waals surface area contributed by atoms with Crippen LogP contribution >= 0.6 is 0 Å². The Morgan fingerprint density at radius 3 is 2.78 bits per heavy atom. The van der Waals surface area contributed by atoms with Crippen LogP contribution in [0.5, 0.6) is 0 Å². The van der Waals surface area contributed by atoms with Crippen LogP contribution in [0.15, 0.2) is 60.4 Å². The number of carbonyl (C=O) groups excluding carboxylic acids is 1. The Kier molecular flexibility index (Phi) is 4.94. The number of methoxy groups -OCH3 is 1. The second-order valence-electron chi connectivity index (χ2n) is 6.95. The third-order valence-electron chi connectivity index (χ3n) is 5.23. The van der Waals surface area contributed by atoms with Gasteiger partial charge in [0.15, 0.2) is 0 Å². The molecule has 5 heteroatoms. The predicted octanol–water partition coefficient (Wildman–Crippen LogP) is 3.62. The van der Waals surface area contributed by atoms with Crippen molar-refractivity contribution in [2.45, 2.75) is 25.0 Å². The third kappa shape index (κ3) is 3.47. The second kappa shape index (κ2) is 7.53. The summed E-state index contributed by atoms with van der Waals surface area (Å²) in [6.45, 7) is 1.02. The van der Waals surface area contributed by atoms with Crippen molar-refractivity contribution in [3.8, 4) is 0 Å². The molecule has 1 saturated heterocycles. The number of benzene rings is 2. The molecule has 0 aliphatic carbocycles. The Hall–Kier alpha value is -2.66. The summed E-state index contributed by atoms with van der Waals surface area (Å²) in [6.07, 6.45) is 2.49. The minimum atomic E-state index is -0.500. The van der Waals surface area contributed by atoms with Crippen molar-refractivity contribution in [2.75, 3.05) is 20.3 Å². The Bertz CT molecular complexity index is 862. The van der Waals surface area contributed by atoms with Gasteiger partial charge in [-0.1, -0.05) is 36.4 Å². The molecule has 4 rings (SSSR count). The molecular weight excluding hydrogens is 345 g/mol. The van der Waals surface area contributed by atoms with Gasteiger partial charge in [-0.05, 0) is 40.8 Å². The maximum Gasteiger partial charge on any atom is 0.252 e. The zero-order valence-corrected chi connectivity index (χ0v) is 15.2. The molecule has 0 bridgehead atoms. The van der Waals surface area contributed by atoms with Gasteiger partial charge in [-0.2, -0.15) is 0 Å². The van der Waals surface area contributed by atoms with Crippen LogP contribution in [-0.2, 0) is 20.7 Å². The highest BCUT2D eigenvalue weighted by Gasteiger charge is 2.37. The number of hydrogen-bond donors (Lipinski definition) is 0. The lowest BCUT2D eigenvalue weighted by atomic mass is 9.87. The van der Waals surface area contributed by atoms with E-state index in [1.165, 1.54) is 17.7 Å². The van der Waals surface area contributed by atoms with Gasteiger partial charge in [0.2, 0.25) is 0 Å². The molecule has 140 valence electrons. The van der Waals surface area contributed by atoms with Crippen molar-refractivity contribution < 1.29 is 18.7 Å². The first-order chi connectivity index (χ1) is 13.2. The molecule has 0 radical (unpaired) electrons. The summed E-state index contributed by atoms with van der Waals surface area (Å²) in [6, 6.07) is 14.3. The normalized spacial score (nSPS) is 23.3. The molecular formula is C22H22FNO3. The van der Waals surface area contributed by atoms with Gasteiger partial charge in [0.25, 0.3) is 5.91 Å². The highest BCUT2D eigenvalue weighted by Crippen LogP contribution is 2.36.